The summed E-state index contributed by atoms with van der Waals surface area (Å²) in [6.07, 6.45) is 4.02. The highest BCUT2D eigenvalue weighted by Gasteiger charge is 2.33. The maximum atomic E-state index is 11.8. The first-order valence-corrected chi connectivity index (χ1v) is 10.4. The Morgan fingerprint density at radius 3 is 2.60 bits per heavy atom. The van der Waals surface area contributed by atoms with E-state index in [1.807, 2.05) is 58.2 Å². The van der Waals surface area contributed by atoms with Crippen molar-refractivity contribution in [3.63, 3.8) is 0 Å². The van der Waals surface area contributed by atoms with E-state index in [1.54, 1.807) is 6.20 Å². The van der Waals surface area contributed by atoms with Gasteiger partial charge in [-0.1, -0.05) is 18.5 Å². The van der Waals surface area contributed by atoms with Crippen LogP contribution in [0.5, 0.6) is 0 Å². The molecule has 0 bridgehead atoms. The van der Waals surface area contributed by atoms with Crippen molar-refractivity contribution in [3.05, 3.63) is 52.9 Å². The molecule has 0 saturated heterocycles. The smallest absolute Gasteiger partial charge is 0.407 e. The van der Waals surface area contributed by atoms with E-state index in [4.69, 9.17) is 11.6 Å². The zero-order valence-electron chi connectivity index (χ0n) is 18.0. The average Bonchev–Trinajstić information content (AvgIpc) is 2.66. The van der Waals surface area contributed by atoms with Crippen LogP contribution >= 0.6 is 11.6 Å². The quantitative estimate of drug-likeness (QED) is 0.553. The van der Waals surface area contributed by atoms with Gasteiger partial charge in [0, 0.05) is 41.3 Å². The van der Waals surface area contributed by atoms with Gasteiger partial charge in [0.15, 0.2) is 0 Å². The Labute approximate surface area is 181 Å². The molecule has 158 valence electrons. The highest BCUT2D eigenvalue weighted by Crippen LogP contribution is 2.32. The third-order valence-electron chi connectivity index (χ3n) is 5.29. The van der Waals surface area contributed by atoms with E-state index < -0.39 is 11.6 Å². The summed E-state index contributed by atoms with van der Waals surface area (Å²) in [6.45, 7) is 9.65. The van der Waals surface area contributed by atoms with Crippen LogP contribution in [0.25, 0.3) is 22.0 Å². The fourth-order valence-electron chi connectivity index (χ4n) is 4.10. The maximum Gasteiger partial charge on any atom is 0.407 e. The summed E-state index contributed by atoms with van der Waals surface area (Å²) in [4.78, 5) is 17.5. The highest BCUT2D eigenvalue weighted by molar-refractivity contribution is 6.35. The molecule has 0 atom stereocenters. The number of aromatic nitrogens is 3. The van der Waals surface area contributed by atoms with E-state index >= 15 is 0 Å². The van der Waals surface area contributed by atoms with Crippen LogP contribution in [0, 0.1) is 0 Å². The highest BCUT2D eigenvalue weighted by atomic mass is 35.5. The van der Waals surface area contributed by atoms with Crippen molar-refractivity contribution in [2.75, 3.05) is 0 Å². The van der Waals surface area contributed by atoms with Gasteiger partial charge in [-0.25, -0.2) is 4.79 Å². The van der Waals surface area contributed by atoms with Crippen molar-refractivity contribution >= 4 is 28.6 Å². The van der Waals surface area contributed by atoms with Crippen LogP contribution in [0.4, 0.5) is 4.79 Å². The molecule has 30 heavy (non-hydrogen) atoms. The van der Waals surface area contributed by atoms with Gasteiger partial charge in [-0.2, -0.15) is 5.10 Å². The number of rotatable bonds is 6. The van der Waals surface area contributed by atoms with E-state index in [2.05, 4.69) is 22.1 Å². The number of aryl methyl sites for hydroxylation is 1. The summed E-state index contributed by atoms with van der Waals surface area (Å²) in [6, 6.07) is 7.74. The molecule has 0 saturated carbocycles. The Hall–Kier alpha value is -2.73. The molecule has 6 nitrogen and oxygen atoms in total. The Bertz CT molecular complexity index is 1080. The first kappa shape index (κ1) is 22.0. The van der Waals surface area contributed by atoms with Crippen LogP contribution in [0.3, 0.4) is 0 Å². The molecule has 1 aromatic carbocycles. The minimum atomic E-state index is -0.947. The van der Waals surface area contributed by atoms with Crippen LogP contribution in [0.1, 0.15) is 45.9 Å². The lowest BCUT2D eigenvalue weighted by Crippen LogP contribution is -2.52. The normalized spacial score (nSPS) is 11.8. The van der Waals surface area contributed by atoms with Crippen molar-refractivity contribution in [2.24, 2.45) is 0 Å². The number of carboxylic acid groups (broad SMARTS) is 1. The monoisotopic (exact) mass is 426 g/mol. The summed E-state index contributed by atoms with van der Waals surface area (Å²) in [5.41, 5.74) is 3.92. The molecule has 7 heteroatoms. The van der Waals surface area contributed by atoms with Gasteiger partial charge < -0.3 is 10.0 Å². The van der Waals surface area contributed by atoms with Gasteiger partial charge in [-0.15, -0.1) is 5.10 Å². The first-order valence-electron chi connectivity index (χ1n) is 10.1. The predicted molar refractivity (Wildman–Crippen MR) is 120 cm³/mol. The second-order valence-corrected chi connectivity index (χ2v) is 8.76. The Morgan fingerprint density at radius 1 is 1.23 bits per heavy atom. The number of hydrogen-bond donors (Lipinski definition) is 1. The topological polar surface area (TPSA) is 79.2 Å². The molecule has 0 unspecified atom stereocenters. The minimum absolute atomic E-state index is 0.148. The fourth-order valence-corrected chi connectivity index (χ4v) is 4.36. The molecule has 3 aromatic rings. The van der Waals surface area contributed by atoms with Crippen LogP contribution in [0.15, 0.2) is 36.7 Å². The van der Waals surface area contributed by atoms with Crippen molar-refractivity contribution < 1.29 is 9.90 Å². The number of hydrogen-bond acceptors (Lipinski definition) is 4. The largest absolute Gasteiger partial charge is 0.465 e. The molecule has 3 rings (SSSR count). The number of carbonyl (C=O) groups is 1. The van der Waals surface area contributed by atoms with Crippen molar-refractivity contribution in [1.82, 2.24) is 20.1 Å². The average molecular weight is 427 g/mol. The Balaban J connectivity index is 2.04. The molecule has 1 N–H and O–H groups in total. The Kier molecular flexibility index (Phi) is 6.27. The van der Waals surface area contributed by atoms with E-state index in [0.717, 1.165) is 28.6 Å². The van der Waals surface area contributed by atoms with Gasteiger partial charge in [0.1, 0.15) is 5.52 Å². The fraction of sp³-hybridized carbons (Fsp3) is 0.391. The second kappa shape index (κ2) is 8.56. The third-order valence-corrected chi connectivity index (χ3v) is 5.57. The van der Waals surface area contributed by atoms with Crippen molar-refractivity contribution in [3.8, 4) is 11.1 Å². The van der Waals surface area contributed by atoms with E-state index in [-0.39, 0.29) is 6.04 Å². The van der Waals surface area contributed by atoms with Gasteiger partial charge >= 0.3 is 6.09 Å². The third kappa shape index (κ3) is 4.38. The standard InChI is InChI=1S/C23H27ClN4O2/c1-6-15-7-8-25-13-19(15)16-9-17-10-18(26-27-21(17)20(24)11-16)12-23(4,5)28(14(2)3)22(29)30/h7-11,13-14H,6,12H2,1-5H3,(H,29,30). The van der Waals surface area contributed by atoms with Crippen LogP contribution in [0.2, 0.25) is 5.02 Å². The molecular weight excluding hydrogens is 400 g/mol. The molecule has 2 heterocycles. The van der Waals surface area contributed by atoms with Gasteiger partial charge in [0.25, 0.3) is 0 Å². The van der Waals surface area contributed by atoms with Crippen LogP contribution in [-0.2, 0) is 12.8 Å². The van der Waals surface area contributed by atoms with Crippen LogP contribution < -0.4 is 0 Å². The zero-order valence-corrected chi connectivity index (χ0v) is 18.7. The van der Waals surface area contributed by atoms with Gasteiger partial charge in [-0.3, -0.25) is 4.98 Å². The number of pyridine rings is 1. The summed E-state index contributed by atoms with van der Waals surface area (Å²) in [5, 5.41) is 19.7. The number of halogens is 1. The van der Waals surface area contributed by atoms with E-state index in [9.17, 15) is 9.90 Å². The molecule has 0 radical (unpaired) electrons. The summed E-state index contributed by atoms with van der Waals surface area (Å²) in [7, 11) is 0. The van der Waals surface area contributed by atoms with E-state index in [0.29, 0.717) is 17.0 Å². The van der Waals surface area contributed by atoms with Crippen molar-refractivity contribution in [1.29, 1.82) is 0 Å². The Morgan fingerprint density at radius 2 is 1.97 bits per heavy atom. The molecule has 0 aliphatic carbocycles. The lowest BCUT2D eigenvalue weighted by molar-refractivity contribution is 0.0715. The SMILES string of the molecule is CCc1ccncc1-c1cc(Cl)c2nnc(CC(C)(C)N(C(=O)O)C(C)C)cc2c1. The molecule has 0 spiro atoms. The lowest BCUT2D eigenvalue weighted by Gasteiger charge is -2.39. The zero-order chi connectivity index (χ0) is 22.1. The predicted octanol–water partition coefficient (Wildman–Crippen LogP) is 5.62. The summed E-state index contributed by atoms with van der Waals surface area (Å²) >= 11 is 6.52. The minimum Gasteiger partial charge on any atom is -0.465 e. The van der Waals surface area contributed by atoms with Crippen LogP contribution in [-0.4, -0.2) is 42.9 Å². The molecule has 2 aromatic heterocycles. The number of fused-ring (bicyclic) bond motifs is 1. The molecule has 0 fully saturated rings. The maximum absolute atomic E-state index is 11.8. The number of nitrogens with zero attached hydrogens (tertiary/aromatic N) is 4. The molecule has 0 aliphatic heterocycles. The number of amides is 1. The summed E-state index contributed by atoms with van der Waals surface area (Å²) < 4.78 is 0. The molecule has 1 amide bonds. The van der Waals surface area contributed by atoms with Gasteiger partial charge in [0.05, 0.1) is 10.7 Å². The first-order chi connectivity index (χ1) is 14.1. The van der Waals surface area contributed by atoms with E-state index in [1.165, 1.54) is 10.5 Å². The van der Waals surface area contributed by atoms with Crippen molar-refractivity contribution in [2.45, 2.75) is 59.0 Å². The van der Waals surface area contributed by atoms with Gasteiger partial charge in [-0.05, 0) is 69.5 Å². The van der Waals surface area contributed by atoms with Gasteiger partial charge in [0.2, 0.25) is 0 Å². The number of benzene rings is 1. The summed E-state index contributed by atoms with van der Waals surface area (Å²) in [5.74, 6) is 0. The molecule has 0 aliphatic rings. The second-order valence-electron chi connectivity index (χ2n) is 8.35. The molecular formula is C23H27ClN4O2. The lowest BCUT2D eigenvalue weighted by atomic mass is 9.93.